The molecular formula is C22H18F6N2O4S2. The van der Waals surface area contributed by atoms with Crippen molar-refractivity contribution in [3.8, 4) is 11.3 Å². The fourth-order valence-electron chi connectivity index (χ4n) is 3.42. The van der Waals surface area contributed by atoms with E-state index in [1.165, 1.54) is 23.1 Å². The minimum atomic E-state index is -5.29. The third-order valence-corrected chi connectivity index (χ3v) is 6.49. The van der Waals surface area contributed by atoms with Crippen LogP contribution in [0.15, 0.2) is 33.6 Å². The number of carbonyl (C=O) groups is 2. The molecule has 1 fully saturated rings. The standard InChI is InChI=1S/C22H18F6N2O4S2/c23-21(24,25)13-9-12(15(29)10-14(13)22(26,27)28)16-6-5-11(34-16)8-17-19(33)30(20(35)36-17)7-3-1-2-4-18(31)32/h5-6,8-10H,1-4,7,29H2,(H,31,32)/b17-8-. The highest BCUT2D eigenvalue weighted by molar-refractivity contribution is 8.26. The fourth-order valence-corrected chi connectivity index (χ4v) is 4.71. The molecule has 0 atom stereocenters. The summed E-state index contributed by atoms with van der Waals surface area (Å²) in [6.45, 7) is 0.285. The number of alkyl halides is 6. The molecule has 3 rings (SSSR count). The molecule has 6 nitrogen and oxygen atoms in total. The predicted octanol–water partition coefficient (Wildman–Crippen LogP) is 6.41. The second-order valence-corrected chi connectivity index (χ2v) is 9.40. The third-order valence-electron chi connectivity index (χ3n) is 5.11. The number of halogens is 6. The van der Waals surface area contributed by atoms with Gasteiger partial charge < -0.3 is 15.3 Å². The van der Waals surface area contributed by atoms with E-state index in [9.17, 15) is 35.9 Å². The summed E-state index contributed by atoms with van der Waals surface area (Å²) >= 11 is 6.19. The van der Waals surface area contributed by atoms with Gasteiger partial charge in [0, 0.05) is 30.3 Å². The first kappa shape index (κ1) is 27.6. The van der Waals surface area contributed by atoms with Crippen LogP contribution in [0.1, 0.15) is 42.6 Å². The molecule has 1 aliphatic heterocycles. The van der Waals surface area contributed by atoms with Gasteiger partial charge in [-0.25, -0.2) is 0 Å². The summed E-state index contributed by atoms with van der Waals surface area (Å²) in [5.41, 5.74) is 0.862. The summed E-state index contributed by atoms with van der Waals surface area (Å²) in [4.78, 5) is 24.8. The summed E-state index contributed by atoms with van der Waals surface area (Å²) in [6.07, 6.45) is -7.64. The first-order valence-electron chi connectivity index (χ1n) is 10.3. The van der Waals surface area contributed by atoms with E-state index < -0.39 is 41.0 Å². The number of thiocarbonyl (C=S) groups is 1. The topological polar surface area (TPSA) is 96.8 Å². The number of benzene rings is 1. The Morgan fingerprint density at radius 2 is 1.72 bits per heavy atom. The number of carboxylic acid groups (broad SMARTS) is 1. The quantitative estimate of drug-likeness (QED) is 0.128. The number of hydrogen-bond donors (Lipinski definition) is 2. The largest absolute Gasteiger partial charge is 0.481 e. The number of nitrogens with two attached hydrogens (primary N) is 1. The van der Waals surface area contributed by atoms with Gasteiger partial charge in [0.05, 0.1) is 16.0 Å². The lowest BCUT2D eigenvalue weighted by molar-refractivity contribution is -0.162. The van der Waals surface area contributed by atoms with E-state index in [0.29, 0.717) is 19.3 Å². The summed E-state index contributed by atoms with van der Waals surface area (Å²) in [7, 11) is 0. The highest BCUT2D eigenvalue weighted by Gasteiger charge is 2.44. The number of thioether (sulfide) groups is 1. The van der Waals surface area contributed by atoms with Crippen LogP contribution in [0.5, 0.6) is 0 Å². The lowest BCUT2D eigenvalue weighted by Gasteiger charge is -2.17. The normalized spacial score (nSPS) is 15.8. The van der Waals surface area contributed by atoms with Crippen LogP contribution in [0.2, 0.25) is 0 Å². The fraction of sp³-hybridized carbons (Fsp3) is 0.318. The van der Waals surface area contributed by atoms with Crippen molar-refractivity contribution in [1.82, 2.24) is 4.90 Å². The minimum absolute atomic E-state index is 0.0209. The molecule has 0 radical (unpaired) electrons. The zero-order chi connectivity index (χ0) is 26.8. The molecule has 0 spiro atoms. The molecule has 0 aliphatic carbocycles. The molecule has 1 amide bonds. The van der Waals surface area contributed by atoms with Gasteiger partial charge in [-0.3, -0.25) is 14.5 Å². The lowest BCUT2D eigenvalue weighted by atomic mass is 9.99. The van der Waals surface area contributed by atoms with Crippen molar-refractivity contribution in [3.63, 3.8) is 0 Å². The lowest BCUT2D eigenvalue weighted by Crippen LogP contribution is -2.29. The average molecular weight is 553 g/mol. The molecule has 1 saturated heterocycles. The molecule has 1 aliphatic rings. The number of nitrogens with zero attached hydrogens (tertiary/aromatic N) is 1. The Kier molecular flexibility index (Phi) is 8.08. The van der Waals surface area contributed by atoms with Crippen molar-refractivity contribution < 1.29 is 45.5 Å². The molecule has 0 saturated carbocycles. The number of aliphatic carboxylic acids is 1. The molecule has 0 unspecified atom stereocenters. The van der Waals surface area contributed by atoms with Crippen LogP contribution in [0.25, 0.3) is 17.4 Å². The summed E-state index contributed by atoms with van der Waals surface area (Å²) < 4.78 is 85.0. The first-order chi connectivity index (χ1) is 16.7. The van der Waals surface area contributed by atoms with Crippen molar-refractivity contribution in [2.24, 2.45) is 0 Å². The van der Waals surface area contributed by atoms with Gasteiger partial charge in [-0.15, -0.1) is 0 Å². The summed E-state index contributed by atoms with van der Waals surface area (Å²) in [5.74, 6) is -1.49. The average Bonchev–Trinajstić information content (AvgIpc) is 3.31. The van der Waals surface area contributed by atoms with Gasteiger partial charge in [-0.1, -0.05) is 30.4 Å². The molecule has 2 aromatic rings. The van der Waals surface area contributed by atoms with Crippen molar-refractivity contribution in [1.29, 1.82) is 0 Å². The van der Waals surface area contributed by atoms with Gasteiger partial charge in [-0.05, 0) is 37.1 Å². The number of carboxylic acids is 1. The Morgan fingerprint density at radius 3 is 2.33 bits per heavy atom. The number of amides is 1. The zero-order valence-corrected chi connectivity index (χ0v) is 19.8. The smallest absolute Gasteiger partial charge is 0.417 e. The molecule has 1 aromatic carbocycles. The van der Waals surface area contributed by atoms with Crippen LogP contribution in [0.4, 0.5) is 32.0 Å². The van der Waals surface area contributed by atoms with Gasteiger partial charge in [0.15, 0.2) is 0 Å². The Morgan fingerprint density at radius 1 is 1.08 bits per heavy atom. The molecule has 3 N–H and O–H groups in total. The van der Waals surface area contributed by atoms with Crippen LogP contribution < -0.4 is 5.73 Å². The monoisotopic (exact) mass is 552 g/mol. The van der Waals surface area contributed by atoms with Gasteiger partial charge in [0.25, 0.3) is 5.91 Å². The van der Waals surface area contributed by atoms with E-state index in [1.807, 2.05) is 0 Å². The molecule has 2 heterocycles. The maximum absolute atomic E-state index is 13.3. The van der Waals surface area contributed by atoms with Crippen molar-refractivity contribution >= 4 is 51.9 Å². The zero-order valence-electron chi connectivity index (χ0n) is 18.2. The van der Waals surface area contributed by atoms with Crippen molar-refractivity contribution in [2.45, 2.75) is 38.0 Å². The third kappa shape index (κ3) is 6.40. The Balaban J connectivity index is 1.81. The van der Waals surface area contributed by atoms with Gasteiger partial charge in [-0.2, -0.15) is 26.3 Å². The molecule has 14 heteroatoms. The van der Waals surface area contributed by atoms with E-state index in [0.717, 1.165) is 11.8 Å². The van der Waals surface area contributed by atoms with E-state index in [1.54, 1.807) is 0 Å². The SMILES string of the molecule is Nc1cc(C(F)(F)F)c(C(F)(F)F)cc1-c1ccc(/C=C2\SC(=S)N(CCCCCC(=O)O)C2=O)o1. The number of furan rings is 1. The van der Waals surface area contributed by atoms with Crippen molar-refractivity contribution in [2.75, 3.05) is 12.3 Å². The molecule has 0 bridgehead atoms. The van der Waals surface area contributed by atoms with Crippen LogP contribution in [0, 0.1) is 0 Å². The highest BCUT2D eigenvalue weighted by Crippen LogP contribution is 2.44. The van der Waals surface area contributed by atoms with Gasteiger partial charge in [0.2, 0.25) is 0 Å². The number of rotatable bonds is 8. The van der Waals surface area contributed by atoms with Crippen LogP contribution in [0.3, 0.4) is 0 Å². The van der Waals surface area contributed by atoms with Crippen LogP contribution >= 0.6 is 24.0 Å². The molecular weight excluding hydrogens is 534 g/mol. The number of anilines is 1. The molecule has 1 aromatic heterocycles. The maximum atomic E-state index is 13.3. The number of hydrogen-bond acceptors (Lipinski definition) is 6. The van der Waals surface area contributed by atoms with E-state index in [4.69, 9.17) is 27.5 Å². The molecule has 194 valence electrons. The van der Waals surface area contributed by atoms with E-state index in [2.05, 4.69) is 0 Å². The second-order valence-electron chi connectivity index (χ2n) is 7.72. The number of unbranched alkanes of at least 4 members (excludes halogenated alkanes) is 2. The Labute approximate surface area is 210 Å². The van der Waals surface area contributed by atoms with E-state index in [-0.39, 0.29) is 51.4 Å². The van der Waals surface area contributed by atoms with Gasteiger partial charge >= 0.3 is 18.3 Å². The maximum Gasteiger partial charge on any atom is 0.417 e. The van der Waals surface area contributed by atoms with Gasteiger partial charge in [0.1, 0.15) is 15.8 Å². The van der Waals surface area contributed by atoms with E-state index >= 15 is 0 Å². The highest BCUT2D eigenvalue weighted by atomic mass is 32.2. The molecule has 36 heavy (non-hydrogen) atoms. The first-order valence-corrected chi connectivity index (χ1v) is 11.6. The number of nitrogen functional groups attached to an aromatic ring is 1. The Bertz CT molecular complexity index is 1220. The minimum Gasteiger partial charge on any atom is -0.481 e. The van der Waals surface area contributed by atoms with Crippen molar-refractivity contribution in [3.05, 3.63) is 46.1 Å². The Hall–Kier alpha value is -3.00. The summed E-state index contributed by atoms with van der Waals surface area (Å²) in [6, 6.07) is 3.05. The second kappa shape index (κ2) is 10.5. The number of carbonyl (C=O) groups excluding carboxylic acids is 1. The summed E-state index contributed by atoms with van der Waals surface area (Å²) in [5, 5.41) is 8.66. The van der Waals surface area contributed by atoms with Crippen LogP contribution in [-0.2, 0) is 21.9 Å². The van der Waals surface area contributed by atoms with Crippen LogP contribution in [-0.4, -0.2) is 32.7 Å². The predicted molar refractivity (Wildman–Crippen MR) is 125 cm³/mol.